The van der Waals surface area contributed by atoms with Crippen molar-refractivity contribution in [3.8, 4) is 0 Å². The van der Waals surface area contributed by atoms with E-state index in [-0.39, 0.29) is 25.4 Å². The second-order valence-electron chi connectivity index (χ2n) is 4.65. The summed E-state index contributed by atoms with van der Waals surface area (Å²) in [7, 11) is 1.90. The summed E-state index contributed by atoms with van der Waals surface area (Å²) in [6.45, 7) is -0.223. The van der Waals surface area contributed by atoms with Gasteiger partial charge in [-0.05, 0) is 11.6 Å². The fraction of sp³-hybridized carbons (Fsp3) is 0.286. The van der Waals surface area contributed by atoms with Gasteiger partial charge in [0.2, 0.25) is 5.91 Å². The van der Waals surface area contributed by atoms with Crippen LogP contribution in [-0.4, -0.2) is 34.1 Å². The lowest BCUT2D eigenvalue weighted by Gasteiger charge is -2.13. The van der Waals surface area contributed by atoms with Gasteiger partial charge in [-0.25, -0.2) is 4.79 Å². The van der Waals surface area contributed by atoms with Crippen LogP contribution in [0.25, 0.3) is 10.9 Å². The molecule has 114 valence electrons. The van der Waals surface area contributed by atoms with Crippen LogP contribution in [0, 0.1) is 0 Å². The topological polar surface area (TPSA) is 97.4 Å². The lowest BCUT2D eigenvalue weighted by molar-refractivity contribution is -0.141. The maximum absolute atomic E-state index is 11.3. The summed E-state index contributed by atoms with van der Waals surface area (Å²) in [6, 6.07) is 6.76. The monoisotopic (exact) mass is 311 g/mol. The van der Waals surface area contributed by atoms with Gasteiger partial charge in [0.25, 0.3) is 0 Å². The molecule has 0 aliphatic rings. The molecule has 7 heteroatoms. The van der Waals surface area contributed by atoms with E-state index >= 15 is 0 Å². The molecule has 6 nitrogen and oxygen atoms in total. The zero-order valence-corrected chi connectivity index (χ0v) is 12.4. The van der Waals surface area contributed by atoms with Gasteiger partial charge in [-0.3, -0.25) is 4.79 Å². The van der Waals surface area contributed by atoms with Crippen LogP contribution in [0.5, 0.6) is 0 Å². The Hall–Kier alpha value is -2.05. The molecule has 0 bridgehead atoms. The van der Waals surface area contributed by atoms with E-state index in [2.05, 4.69) is 5.32 Å². The van der Waals surface area contributed by atoms with E-state index in [1.807, 2.05) is 42.1 Å². The number of nitrogens with one attached hydrogen (secondary N) is 1. The van der Waals surface area contributed by atoms with Crippen molar-refractivity contribution in [2.75, 3.05) is 6.54 Å². The number of hydrogen-bond donors (Lipinski definition) is 3. The highest BCUT2D eigenvalue weighted by molar-refractivity contribution is 5.87. The summed E-state index contributed by atoms with van der Waals surface area (Å²) in [5.74, 6) is -1.54. The van der Waals surface area contributed by atoms with Crippen LogP contribution in [0.3, 0.4) is 0 Å². The van der Waals surface area contributed by atoms with Crippen molar-refractivity contribution in [3.05, 3.63) is 36.0 Å². The molecule has 0 fully saturated rings. The van der Waals surface area contributed by atoms with Gasteiger partial charge in [-0.15, -0.1) is 12.4 Å². The molecule has 0 radical (unpaired) electrons. The molecular weight excluding hydrogens is 294 g/mol. The second-order valence-corrected chi connectivity index (χ2v) is 4.65. The highest BCUT2D eigenvalue weighted by Gasteiger charge is 2.21. The molecular formula is C14H18ClN3O3. The van der Waals surface area contributed by atoms with Crippen LogP contribution >= 0.6 is 12.4 Å². The first-order chi connectivity index (χ1) is 9.52. The van der Waals surface area contributed by atoms with Crippen molar-refractivity contribution >= 4 is 35.2 Å². The average molecular weight is 312 g/mol. The maximum atomic E-state index is 11.3. The van der Waals surface area contributed by atoms with Crippen molar-refractivity contribution in [2.24, 2.45) is 12.8 Å². The lowest BCUT2D eigenvalue weighted by atomic mass is 10.1. The molecule has 0 saturated heterocycles. The number of hydrogen-bond acceptors (Lipinski definition) is 3. The largest absolute Gasteiger partial charge is 0.480 e. The molecule has 1 amide bonds. The van der Waals surface area contributed by atoms with Crippen LogP contribution in [0.15, 0.2) is 30.5 Å². The van der Waals surface area contributed by atoms with Crippen LogP contribution in [0.1, 0.15) is 5.56 Å². The molecule has 2 aromatic rings. The van der Waals surface area contributed by atoms with Gasteiger partial charge in [-0.2, -0.15) is 0 Å². The predicted octanol–water partition coefficient (Wildman–Crippen LogP) is 0.671. The van der Waals surface area contributed by atoms with Crippen molar-refractivity contribution in [2.45, 2.75) is 12.5 Å². The summed E-state index contributed by atoms with van der Waals surface area (Å²) in [5.41, 5.74) is 7.11. The van der Waals surface area contributed by atoms with Gasteiger partial charge in [0, 0.05) is 30.6 Å². The van der Waals surface area contributed by atoms with E-state index in [0.29, 0.717) is 0 Å². The minimum atomic E-state index is -1.07. The number of carbonyl (C=O) groups excluding carboxylic acids is 1. The Kier molecular flexibility index (Phi) is 5.75. The van der Waals surface area contributed by atoms with Crippen molar-refractivity contribution in [3.63, 3.8) is 0 Å². The summed E-state index contributed by atoms with van der Waals surface area (Å²) >= 11 is 0. The molecule has 1 aromatic heterocycles. The molecule has 0 saturated carbocycles. The number of aryl methyl sites for hydroxylation is 1. The number of carboxylic acid groups (broad SMARTS) is 1. The molecule has 0 aliphatic carbocycles. The summed E-state index contributed by atoms with van der Waals surface area (Å²) in [6.07, 6.45) is 2.11. The Morgan fingerprint density at radius 1 is 1.38 bits per heavy atom. The number of benzene rings is 1. The highest BCUT2D eigenvalue weighted by Crippen LogP contribution is 2.21. The van der Waals surface area contributed by atoms with Gasteiger partial charge in [-0.1, -0.05) is 18.2 Å². The third kappa shape index (κ3) is 3.74. The molecule has 1 atom stereocenters. The van der Waals surface area contributed by atoms with E-state index in [9.17, 15) is 14.7 Å². The number of fused-ring (bicyclic) bond motifs is 1. The van der Waals surface area contributed by atoms with Crippen molar-refractivity contribution in [1.29, 1.82) is 0 Å². The first-order valence-corrected chi connectivity index (χ1v) is 6.28. The minimum Gasteiger partial charge on any atom is -0.480 e. The Morgan fingerprint density at radius 2 is 2.05 bits per heavy atom. The molecule has 2 rings (SSSR count). The number of carboxylic acids is 1. The quantitative estimate of drug-likeness (QED) is 0.756. The van der Waals surface area contributed by atoms with Gasteiger partial charge >= 0.3 is 5.97 Å². The Balaban J connectivity index is 0.00000220. The smallest absolute Gasteiger partial charge is 0.326 e. The number of aliphatic carboxylic acids is 1. The first kappa shape index (κ1) is 17.0. The van der Waals surface area contributed by atoms with Gasteiger partial charge in [0.05, 0.1) is 6.54 Å². The number of aromatic nitrogens is 1. The SMILES string of the molecule is Cl.Cn1cc(C[C@@H](NC(=O)CN)C(=O)O)c2ccccc21. The number of rotatable bonds is 5. The first-order valence-electron chi connectivity index (χ1n) is 6.28. The van der Waals surface area contributed by atoms with Crippen molar-refractivity contribution < 1.29 is 14.7 Å². The zero-order chi connectivity index (χ0) is 14.7. The second kappa shape index (κ2) is 7.10. The van der Waals surface area contributed by atoms with E-state index < -0.39 is 17.9 Å². The molecule has 4 N–H and O–H groups in total. The standard InChI is InChI=1S/C14H17N3O3.ClH/c1-17-8-9(10-4-2-3-5-12(10)17)6-11(14(19)20)16-13(18)7-15;/h2-5,8,11H,6-7,15H2,1H3,(H,16,18)(H,19,20);1H/t11-;/m1./s1. The zero-order valence-electron chi connectivity index (χ0n) is 11.6. The summed E-state index contributed by atoms with van der Waals surface area (Å²) in [5, 5.41) is 12.6. The molecule has 0 unspecified atom stereocenters. The Labute approximate surface area is 128 Å². The third-order valence-electron chi connectivity index (χ3n) is 3.22. The fourth-order valence-corrected chi connectivity index (χ4v) is 2.26. The summed E-state index contributed by atoms with van der Waals surface area (Å²) in [4.78, 5) is 22.5. The minimum absolute atomic E-state index is 0. The van der Waals surface area contributed by atoms with Crippen LogP contribution < -0.4 is 11.1 Å². The number of carbonyl (C=O) groups is 2. The van der Waals surface area contributed by atoms with Gasteiger partial charge < -0.3 is 20.7 Å². The van der Waals surface area contributed by atoms with Gasteiger partial charge in [0.15, 0.2) is 0 Å². The van der Waals surface area contributed by atoms with Crippen LogP contribution in [0.2, 0.25) is 0 Å². The Bertz CT molecular complexity index is 654. The maximum Gasteiger partial charge on any atom is 0.326 e. The normalized spacial score (nSPS) is 11.7. The molecule has 0 aliphatic heterocycles. The van der Waals surface area contributed by atoms with E-state index in [1.54, 1.807) is 0 Å². The van der Waals surface area contributed by atoms with E-state index in [0.717, 1.165) is 16.5 Å². The van der Waals surface area contributed by atoms with Crippen LogP contribution in [0.4, 0.5) is 0 Å². The molecule has 1 heterocycles. The number of nitrogens with two attached hydrogens (primary N) is 1. The van der Waals surface area contributed by atoms with Gasteiger partial charge in [0.1, 0.15) is 6.04 Å². The van der Waals surface area contributed by atoms with E-state index in [4.69, 9.17) is 5.73 Å². The average Bonchev–Trinajstić information content (AvgIpc) is 2.75. The number of amides is 1. The highest BCUT2D eigenvalue weighted by atomic mass is 35.5. The van der Waals surface area contributed by atoms with E-state index in [1.165, 1.54) is 0 Å². The fourth-order valence-electron chi connectivity index (χ4n) is 2.26. The number of halogens is 1. The Morgan fingerprint density at radius 3 is 2.67 bits per heavy atom. The molecule has 1 aromatic carbocycles. The molecule has 0 spiro atoms. The van der Waals surface area contributed by atoms with Crippen LogP contribution in [-0.2, 0) is 23.1 Å². The number of nitrogens with zero attached hydrogens (tertiary/aromatic N) is 1. The lowest BCUT2D eigenvalue weighted by Crippen LogP contribution is -2.44. The number of para-hydroxylation sites is 1. The third-order valence-corrected chi connectivity index (χ3v) is 3.22. The van der Waals surface area contributed by atoms with Crippen molar-refractivity contribution in [1.82, 2.24) is 9.88 Å². The summed E-state index contributed by atoms with van der Waals surface area (Å²) < 4.78 is 1.94. The predicted molar refractivity (Wildman–Crippen MR) is 82.5 cm³/mol. The molecule has 21 heavy (non-hydrogen) atoms.